The van der Waals surface area contributed by atoms with Crippen LogP contribution < -0.4 is 16.0 Å². The molecular formula is C20H21N3O4. The van der Waals surface area contributed by atoms with E-state index in [0.717, 1.165) is 12.8 Å². The molecule has 0 bridgehead atoms. The summed E-state index contributed by atoms with van der Waals surface area (Å²) in [6.07, 6.45) is 1.39. The van der Waals surface area contributed by atoms with Crippen molar-refractivity contribution in [2.24, 2.45) is 0 Å². The number of carbonyl (C=O) groups excluding carboxylic acids is 3. The third-order valence-electron chi connectivity index (χ3n) is 3.98. The van der Waals surface area contributed by atoms with Crippen molar-refractivity contribution in [1.82, 2.24) is 5.32 Å². The Bertz CT molecular complexity index is 862. The molecule has 0 atom stereocenters. The second-order valence-electron chi connectivity index (χ2n) is 6.17. The lowest BCUT2D eigenvalue weighted by Crippen LogP contribution is -2.27. The number of carbonyl (C=O) groups is 3. The minimum Gasteiger partial charge on any atom is -0.450 e. The van der Waals surface area contributed by atoms with Gasteiger partial charge in [0.2, 0.25) is 0 Å². The Hall–Kier alpha value is -3.35. The van der Waals surface area contributed by atoms with Crippen LogP contribution in [-0.2, 0) is 4.74 Å². The SMILES string of the molecule is CCOC(=O)Nc1cccc(C(=O)Nc2ccccc2C(=O)NC2CC2)c1. The Balaban J connectivity index is 1.72. The van der Waals surface area contributed by atoms with Crippen LogP contribution >= 0.6 is 0 Å². The third-order valence-corrected chi connectivity index (χ3v) is 3.98. The largest absolute Gasteiger partial charge is 0.450 e. The molecule has 27 heavy (non-hydrogen) atoms. The van der Waals surface area contributed by atoms with Gasteiger partial charge in [0, 0.05) is 17.3 Å². The van der Waals surface area contributed by atoms with Crippen molar-refractivity contribution in [3.63, 3.8) is 0 Å². The summed E-state index contributed by atoms with van der Waals surface area (Å²) in [6, 6.07) is 13.6. The average Bonchev–Trinajstić information content (AvgIpc) is 3.46. The number of hydrogen-bond donors (Lipinski definition) is 3. The number of ether oxygens (including phenoxy) is 1. The Kier molecular flexibility index (Phi) is 5.71. The summed E-state index contributed by atoms with van der Waals surface area (Å²) in [7, 11) is 0. The Labute approximate surface area is 157 Å². The van der Waals surface area contributed by atoms with E-state index < -0.39 is 6.09 Å². The first-order chi connectivity index (χ1) is 13.1. The highest BCUT2D eigenvalue weighted by molar-refractivity contribution is 6.09. The van der Waals surface area contributed by atoms with Gasteiger partial charge in [-0.15, -0.1) is 0 Å². The fourth-order valence-electron chi connectivity index (χ4n) is 2.50. The molecule has 3 rings (SSSR count). The first-order valence-corrected chi connectivity index (χ1v) is 8.82. The van der Waals surface area contributed by atoms with Crippen molar-refractivity contribution < 1.29 is 19.1 Å². The van der Waals surface area contributed by atoms with Crippen LogP contribution in [0.1, 0.15) is 40.5 Å². The van der Waals surface area contributed by atoms with E-state index in [2.05, 4.69) is 16.0 Å². The fourth-order valence-corrected chi connectivity index (χ4v) is 2.50. The highest BCUT2D eigenvalue weighted by Gasteiger charge is 2.25. The highest BCUT2D eigenvalue weighted by Crippen LogP contribution is 2.22. The predicted octanol–water partition coefficient (Wildman–Crippen LogP) is 3.40. The van der Waals surface area contributed by atoms with Gasteiger partial charge in [-0.3, -0.25) is 14.9 Å². The number of anilines is 2. The van der Waals surface area contributed by atoms with Crippen LogP contribution in [0, 0.1) is 0 Å². The van der Waals surface area contributed by atoms with Gasteiger partial charge in [0.05, 0.1) is 17.9 Å². The standard InChI is InChI=1S/C20H21N3O4/c1-2-27-20(26)22-15-7-5-6-13(12-15)18(24)23-17-9-4-3-8-16(17)19(25)21-14-10-11-14/h3-9,12,14H,2,10-11H2,1H3,(H,21,25)(H,22,26)(H,23,24). The monoisotopic (exact) mass is 367 g/mol. The van der Waals surface area contributed by atoms with Crippen LogP contribution in [0.4, 0.5) is 16.2 Å². The summed E-state index contributed by atoms with van der Waals surface area (Å²) >= 11 is 0. The summed E-state index contributed by atoms with van der Waals surface area (Å²) in [5.41, 5.74) is 1.64. The molecule has 3 amide bonds. The molecule has 0 aliphatic heterocycles. The molecule has 2 aromatic carbocycles. The fraction of sp³-hybridized carbons (Fsp3) is 0.250. The van der Waals surface area contributed by atoms with Gasteiger partial charge in [-0.2, -0.15) is 0 Å². The van der Waals surface area contributed by atoms with Crippen LogP contribution in [0.5, 0.6) is 0 Å². The zero-order valence-corrected chi connectivity index (χ0v) is 15.0. The van der Waals surface area contributed by atoms with Crippen LogP contribution in [0.15, 0.2) is 48.5 Å². The van der Waals surface area contributed by atoms with E-state index in [1.165, 1.54) is 0 Å². The third kappa shape index (κ3) is 5.07. The number of hydrogen-bond acceptors (Lipinski definition) is 4. The molecule has 2 aromatic rings. The molecule has 1 aliphatic rings. The van der Waals surface area contributed by atoms with Crippen LogP contribution in [-0.4, -0.2) is 30.6 Å². The molecule has 140 valence electrons. The van der Waals surface area contributed by atoms with E-state index >= 15 is 0 Å². The van der Waals surface area contributed by atoms with Crippen molar-refractivity contribution in [2.45, 2.75) is 25.8 Å². The van der Waals surface area contributed by atoms with Crippen molar-refractivity contribution in [3.8, 4) is 0 Å². The number of nitrogens with one attached hydrogen (secondary N) is 3. The minimum absolute atomic E-state index is 0.203. The van der Waals surface area contributed by atoms with Gasteiger partial charge >= 0.3 is 6.09 Å². The van der Waals surface area contributed by atoms with E-state index in [4.69, 9.17) is 4.74 Å². The smallest absolute Gasteiger partial charge is 0.411 e. The number of benzene rings is 2. The van der Waals surface area contributed by atoms with Gasteiger partial charge in [-0.25, -0.2) is 4.79 Å². The van der Waals surface area contributed by atoms with E-state index in [1.54, 1.807) is 55.5 Å². The van der Waals surface area contributed by atoms with E-state index in [1.807, 2.05) is 0 Å². The summed E-state index contributed by atoms with van der Waals surface area (Å²) in [4.78, 5) is 36.5. The maximum absolute atomic E-state index is 12.6. The summed E-state index contributed by atoms with van der Waals surface area (Å²) in [5.74, 6) is -0.583. The first-order valence-electron chi connectivity index (χ1n) is 8.82. The van der Waals surface area contributed by atoms with Crippen molar-refractivity contribution in [3.05, 3.63) is 59.7 Å². The summed E-state index contributed by atoms with van der Waals surface area (Å²) in [6.45, 7) is 1.96. The van der Waals surface area contributed by atoms with E-state index in [0.29, 0.717) is 22.5 Å². The predicted molar refractivity (Wildman–Crippen MR) is 102 cm³/mol. The second-order valence-corrected chi connectivity index (χ2v) is 6.17. The van der Waals surface area contributed by atoms with Crippen LogP contribution in [0.25, 0.3) is 0 Å². The molecule has 0 unspecified atom stereocenters. The molecule has 1 fully saturated rings. The Morgan fingerprint density at radius 2 is 1.78 bits per heavy atom. The molecule has 7 heteroatoms. The molecule has 1 saturated carbocycles. The molecule has 0 radical (unpaired) electrons. The molecule has 3 N–H and O–H groups in total. The van der Waals surface area contributed by atoms with Crippen molar-refractivity contribution in [1.29, 1.82) is 0 Å². The number of para-hydroxylation sites is 1. The zero-order valence-electron chi connectivity index (χ0n) is 15.0. The normalized spacial score (nSPS) is 12.8. The van der Waals surface area contributed by atoms with Gasteiger partial charge in [0.15, 0.2) is 0 Å². The Morgan fingerprint density at radius 1 is 1.00 bits per heavy atom. The average molecular weight is 367 g/mol. The van der Waals surface area contributed by atoms with Gasteiger partial charge in [0.1, 0.15) is 0 Å². The molecule has 7 nitrogen and oxygen atoms in total. The lowest BCUT2D eigenvalue weighted by molar-refractivity contribution is 0.0952. The molecule has 0 heterocycles. The zero-order chi connectivity index (χ0) is 19.2. The quantitative estimate of drug-likeness (QED) is 0.729. The van der Waals surface area contributed by atoms with Crippen molar-refractivity contribution in [2.75, 3.05) is 17.2 Å². The number of rotatable bonds is 6. The van der Waals surface area contributed by atoms with Crippen molar-refractivity contribution >= 4 is 29.3 Å². The van der Waals surface area contributed by atoms with E-state index in [-0.39, 0.29) is 24.5 Å². The summed E-state index contributed by atoms with van der Waals surface area (Å²) in [5, 5.41) is 8.23. The maximum atomic E-state index is 12.6. The van der Waals surface area contributed by atoms with Crippen LogP contribution in [0.2, 0.25) is 0 Å². The topological polar surface area (TPSA) is 96.5 Å². The first kappa shape index (κ1) is 18.4. The van der Waals surface area contributed by atoms with E-state index in [9.17, 15) is 14.4 Å². The summed E-state index contributed by atoms with van der Waals surface area (Å²) < 4.78 is 4.83. The van der Waals surface area contributed by atoms with Gasteiger partial charge in [0.25, 0.3) is 11.8 Å². The second kappa shape index (κ2) is 8.35. The lowest BCUT2D eigenvalue weighted by atomic mass is 10.1. The highest BCUT2D eigenvalue weighted by atomic mass is 16.5. The van der Waals surface area contributed by atoms with Gasteiger partial charge in [-0.05, 0) is 50.1 Å². The Morgan fingerprint density at radius 3 is 2.52 bits per heavy atom. The minimum atomic E-state index is -0.586. The van der Waals surface area contributed by atoms with Gasteiger partial charge in [-0.1, -0.05) is 18.2 Å². The molecule has 0 spiro atoms. The molecule has 0 aromatic heterocycles. The molecule has 0 saturated heterocycles. The van der Waals surface area contributed by atoms with Crippen LogP contribution in [0.3, 0.4) is 0 Å². The lowest BCUT2D eigenvalue weighted by Gasteiger charge is -2.12. The maximum Gasteiger partial charge on any atom is 0.411 e. The van der Waals surface area contributed by atoms with Gasteiger partial charge < -0.3 is 15.4 Å². The molecular weight excluding hydrogens is 346 g/mol. The number of amides is 3. The molecule has 1 aliphatic carbocycles.